The van der Waals surface area contributed by atoms with Crippen molar-refractivity contribution < 1.29 is 9.59 Å². The highest BCUT2D eigenvalue weighted by atomic mass is 16.2. The summed E-state index contributed by atoms with van der Waals surface area (Å²) >= 11 is 0. The molecule has 1 fully saturated rings. The van der Waals surface area contributed by atoms with E-state index in [4.69, 9.17) is 5.41 Å². The molecule has 3 N–H and O–H groups in total. The Morgan fingerprint density at radius 3 is 2.48 bits per heavy atom. The van der Waals surface area contributed by atoms with Gasteiger partial charge < -0.3 is 10.6 Å². The zero-order chi connectivity index (χ0) is 17.2. The molecule has 0 bridgehead atoms. The van der Waals surface area contributed by atoms with Crippen LogP contribution in [-0.4, -0.2) is 28.2 Å². The summed E-state index contributed by atoms with van der Waals surface area (Å²) in [6.07, 6.45) is 0.687. The third-order valence-corrected chi connectivity index (χ3v) is 3.81. The van der Waals surface area contributed by atoms with Gasteiger partial charge in [0, 0.05) is 12.6 Å². The monoisotopic (exact) mass is 316 g/mol. The summed E-state index contributed by atoms with van der Waals surface area (Å²) in [5, 5.41) is 13.8. The van der Waals surface area contributed by atoms with E-state index in [0.717, 1.165) is 5.56 Å². The predicted octanol–water partition coefficient (Wildman–Crippen LogP) is 2.32. The molecule has 1 aliphatic rings. The van der Waals surface area contributed by atoms with Crippen molar-refractivity contribution in [3.05, 3.63) is 29.8 Å². The van der Waals surface area contributed by atoms with Gasteiger partial charge in [0.15, 0.2) is 5.96 Å². The van der Waals surface area contributed by atoms with Crippen LogP contribution in [0.15, 0.2) is 24.3 Å². The van der Waals surface area contributed by atoms with Gasteiger partial charge in [0.05, 0.1) is 6.54 Å². The van der Waals surface area contributed by atoms with E-state index in [1.165, 1.54) is 11.8 Å². The Hall–Kier alpha value is -2.37. The Bertz CT molecular complexity index is 624. The lowest BCUT2D eigenvalue weighted by atomic mass is 9.91. The Balaban J connectivity index is 2.09. The lowest BCUT2D eigenvalue weighted by molar-refractivity contribution is -0.131. The van der Waals surface area contributed by atoms with Gasteiger partial charge in [0.1, 0.15) is 5.54 Å². The minimum absolute atomic E-state index is 0.0675. The summed E-state index contributed by atoms with van der Waals surface area (Å²) in [6.45, 7) is 7.78. The number of nitrogens with one attached hydrogen (secondary N) is 3. The minimum Gasteiger partial charge on any atom is -0.342 e. The molecular weight excluding hydrogens is 292 g/mol. The van der Waals surface area contributed by atoms with Crippen molar-refractivity contribution in [3.8, 4) is 0 Å². The number of amides is 2. The van der Waals surface area contributed by atoms with Crippen LogP contribution in [0.25, 0.3) is 0 Å². The van der Waals surface area contributed by atoms with Crippen LogP contribution in [0, 0.1) is 11.3 Å². The Morgan fingerprint density at radius 2 is 1.96 bits per heavy atom. The fraction of sp³-hybridized carbons (Fsp3) is 0.471. The first kappa shape index (κ1) is 17.0. The van der Waals surface area contributed by atoms with E-state index >= 15 is 0 Å². The molecule has 1 unspecified atom stereocenters. The van der Waals surface area contributed by atoms with Crippen molar-refractivity contribution in [2.24, 2.45) is 5.92 Å². The number of guanidine groups is 1. The smallest absolute Gasteiger partial charge is 0.255 e. The molecule has 1 aromatic rings. The third-order valence-electron chi connectivity index (χ3n) is 3.81. The molecule has 1 saturated heterocycles. The van der Waals surface area contributed by atoms with Gasteiger partial charge in [-0.1, -0.05) is 26.0 Å². The van der Waals surface area contributed by atoms with Gasteiger partial charge >= 0.3 is 0 Å². The summed E-state index contributed by atoms with van der Waals surface area (Å²) in [5.41, 5.74) is 0.918. The molecule has 1 aliphatic heterocycles. The molecule has 0 spiro atoms. The molecule has 6 heteroatoms. The van der Waals surface area contributed by atoms with Crippen molar-refractivity contribution in [3.63, 3.8) is 0 Å². The number of carbonyl (C=O) groups excluding carboxylic acids is 2. The normalized spacial score (nSPS) is 20.8. The van der Waals surface area contributed by atoms with Gasteiger partial charge in [0.2, 0.25) is 5.91 Å². The lowest BCUT2D eigenvalue weighted by Gasteiger charge is -2.24. The molecule has 0 saturated carbocycles. The number of anilines is 1. The largest absolute Gasteiger partial charge is 0.342 e. The Labute approximate surface area is 136 Å². The van der Waals surface area contributed by atoms with Gasteiger partial charge in [0.25, 0.3) is 5.91 Å². The average molecular weight is 316 g/mol. The summed E-state index contributed by atoms with van der Waals surface area (Å²) < 4.78 is 0. The van der Waals surface area contributed by atoms with Crippen LogP contribution < -0.4 is 10.6 Å². The Morgan fingerprint density at radius 1 is 1.35 bits per heavy atom. The fourth-order valence-corrected chi connectivity index (χ4v) is 2.97. The zero-order valence-corrected chi connectivity index (χ0v) is 14.1. The number of hydrogen-bond donors (Lipinski definition) is 3. The summed E-state index contributed by atoms with van der Waals surface area (Å²) in [4.78, 5) is 25.1. The standard InChI is InChI=1S/C17H24N4O2/c1-11(2)9-17(4)15(23)21(16(18)20-17)10-13-5-7-14(8-6-13)19-12(3)22/h5-8,11H,9-10H2,1-4H3,(H2,18,20)(H,19,22). The molecule has 2 rings (SSSR count). The summed E-state index contributed by atoms with van der Waals surface area (Å²) in [6, 6.07) is 7.29. The second-order valence-electron chi connectivity index (χ2n) is 6.67. The highest BCUT2D eigenvalue weighted by Gasteiger charge is 2.45. The van der Waals surface area contributed by atoms with Crippen LogP contribution in [0.3, 0.4) is 0 Å². The Kier molecular flexibility index (Phi) is 4.73. The van der Waals surface area contributed by atoms with Crippen LogP contribution in [-0.2, 0) is 16.1 Å². The third kappa shape index (κ3) is 3.88. The molecule has 0 aliphatic carbocycles. The van der Waals surface area contributed by atoms with Gasteiger partial charge in [-0.3, -0.25) is 19.9 Å². The van der Waals surface area contributed by atoms with Gasteiger partial charge in [-0.25, -0.2) is 0 Å². The second kappa shape index (κ2) is 6.40. The maximum absolute atomic E-state index is 12.7. The molecule has 6 nitrogen and oxygen atoms in total. The predicted molar refractivity (Wildman–Crippen MR) is 90.0 cm³/mol. The van der Waals surface area contributed by atoms with E-state index in [9.17, 15) is 9.59 Å². The van der Waals surface area contributed by atoms with E-state index in [1.807, 2.05) is 19.1 Å². The first-order valence-electron chi connectivity index (χ1n) is 7.76. The summed E-state index contributed by atoms with van der Waals surface area (Å²) in [7, 11) is 0. The van der Waals surface area contributed by atoms with Crippen LogP contribution in [0.5, 0.6) is 0 Å². The second-order valence-corrected chi connectivity index (χ2v) is 6.67. The molecule has 0 radical (unpaired) electrons. The topological polar surface area (TPSA) is 85.3 Å². The molecule has 124 valence electrons. The number of hydrogen-bond acceptors (Lipinski definition) is 3. The minimum atomic E-state index is -0.707. The number of benzene rings is 1. The van der Waals surface area contributed by atoms with E-state index in [2.05, 4.69) is 24.5 Å². The quantitative estimate of drug-likeness (QED) is 0.779. The molecule has 0 aromatic heterocycles. The zero-order valence-electron chi connectivity index (χ0n) is 14.1. The van der Waals surface area contributed by atoms with Crippen molar-refractivity contribution >= 4 is 23.5 Å². The first-order chi connectivity index (χ1) is 10.7. The van der Waals surface area contributed by atoms with Crippen molar-refractivity contribution in [2.45, 2.75) is 46.2 Å². The van der Waals surface area contributed by atoms with Gasteiger partial charge in [-0.2, -0.15) is 0 Å². The van der Waals surface area contributed by atoms with Crippen molar-refractivity contribution in [1.29, 1.82) is 5.41 Å². The van der Waals surface area contributed by atoms with Crippen LogP contribution in [0.2, 0.25) is 0 Å². The van der Waals surface area contributed by atoms with Crippen LogP contribution in [0.1, 0.15) is 39.7 Å². The summed E-state index contributed by atoms with van der Waals surface area (Å²) in [5.74, 6) is 0.315. The van der Waals surface area contributed by atoms with E-state index in [1.54, 1.807) is 12.1 Å². The van der Waals surface area contributed by atoms with E-state index < -0.39 is 5.54 Å². The van der Waals surface area contributed by atoms with Crippen molar-refractivity contribution in [2.75, 3.05) is 5.32 Å². The molecular formula is C17H24N4O2. The maximum atomic E-state index is 12.7. The lowest BCUT2D eigenvalue weighted by Crippen LogP contribution is -2.44. The first-order valence-corrected chi connectivity index (χ1v) is 7.76. The van der Waals surface area contributed by atoms with E-state index in [-0.39, 0.29) is 17.8 Å². The maximum Gasteiger partial charge on any atom is 0.255 e. The molecule has 1 aromatic carbocycles. The number of carbonyl (C=O) groups is 2. The average Bonchev–Trinajstić information content (AvgIpc) is 2.62. The molecule has 2 amide bonds. The molecule has 1 atom stereocenters. The SMILES string of the molecule is CC(=O)Nc1ccc(CN2C(=N)NC(C)(CC(C)C)C2=O)cc1. The van der Waals surface area contributed by atoms with Gasteiger partial charge in [-0.15, -0.1) is 0 Å². The molecule has 23 heavy (non-hydrogen) atoms. The van der Waals surface area contributed by atoms with Crippen LogP contribution >= 0.6 is 0 Å². The van der Waals surface area contributed by atoms with E-state index in [0.29, 0.717) is 24.6 Å². The fourth-order valence-electron chi connectivity index (χ4n) is 2.97. The highest BCUT2D eigenvalue weighted by molar-refractivity contribution is 6.07. The molecule has 1 heterocycles. The number of rotatable bonds is 5. The van der Waals surface area contributed by atoms with Gasteiger partial charge in [-0.05, 0) is 37.0 Å². The highest BCUT2D eigenvalue weighted by Crippen LogP contribution is 2.26. The van der Waals surface area contributed by atoms with Crippen LogP contribution in [0.4, 0.5) is 5.69 Å². The van der Waals surface area contributed by atoms with Crippen molar-refractivity contribution in [1.82, 2.24) is 10.2 Å². The number of nitrogens with zero attached hydrogens (tertiary/aromatic N) is 1.